The van der Waals surface area contributed by atoms with Crippen molar-refractivity contribution in [1.82, 2.24) is 15.1 Å². The zero-order chi connectivity index (χ0) is 19.7. The summed E-state index contributed by atoms with van der Waals surface area (Å²) in [6.07, 6.45) is 6.21. The first kappa shape index (κ1) is 21.5. The Morgan fingerprint density at radius 1 is 1.46 bits per heavy atom. The van der Waals surface area contributed by atoms with Crippen LogP contribution in [0.1, 0.15) is 57.7 Å². The molecule has 0 aliphatic rings. The van der Waals surface area contributed by atoms with Crippen LogP contribution in [0, 0.1) is 5.92 Å². The smallest absolute Gasteiger partial charge is 0.306 e. The molecule has 0 fully saturated rings. The maximum Gasteiger partial charge on any atom is 0.306 e. The van der Waals surface area contributed by atoms with Gasteiger partial charge >= 0.3 is 5.97 Å². The van der Waals surface area contributed by atoms with Crippen LogP contribution in [0.15, 0.2) is 24.7 Å². The molecule has 0 bridgehead atoms. The van der Waals surface area contributed by atoms with Crippen molar-refractivity contribution in [1.29, 1.82) is 0 Å². The van der Waals surface area contributed by atoms with E-state index in [0.717, 1.165) is 36.1 Å². The molecule has 2 N–H and O–H groups in total. The van der Waals surface area contributed by atoms with Gasteiger partial charge in [-0.15, -0.1) is 0 Å². The van der Waals surface area contributed by atoms with Crippen molar-refractivity contribution in [3.63, 3.8) is 0 Å². The molecule has 144 valence electrons. The molecule has 0 spiro atoms. The molecule has 0 aliphatic carbocycles. The first-order chi connectivity index (χ1) is 12.3. The third-order valence-electron chi connectivity index (χ3n) is 4.24. The molecule has 1 heterocycles. The SMILES string of the molecule is C=C(O)C(=O)N/C=C(/c1cnn(C)c1COC(=O)CCCC)C(C)CC. The van der Waals surface area contributed by atoms with E-state index in [9.17, 15) is 9.59 Å². The molecule has 0 radical (unpaired) electrons. The van der Waals surface area contributed by atoms with Gasteiger partial charge in [0, 0.05) is 25.2 Å². The maximum absolute atomic E-state index is 11.8. The number of aliphatic hydroxyl groups excluding tert-OH is 1. The van der Waals surface area contributed by atoms with E-state index in [1.165, 1.54) is 0 Å². The Labute approximate surface area is 154 Å². The van der Waals surface area contributed by atoms with Crippen molar-refractivity contribution in [3.8, 4) is 0 Å². The fourth-order valence-corrected chi connectivity index (χ4v) is 2.35. The minimum atomic E-state index is -0.665. The lowest BCUT2D eigenvalue weighted by Crippen LogP contribution is -2.20. The zero-order valence-electron chi connectivity index (χ0n) is 16.0. The summed E-state index contributed by atoms with van der Waals surface area (Å²) in [5.74, 6) is -1.33. The van der Waals surface area contributed by atoms with Gasteiger partial charge < -0.3 is 15.2 Å². The molecule has 1 amide bonds. The average Bonchev–Trinajstić information content (AvgIpc) is 2.98. The maximum atomic E-state index is 11.8. The molecule has 26 heavy (non-hydrogen) atoms. The standard InChI is InChI=1S/C19H29N3O4/c1-6-8-9-18(24)26-12-17-16(11-21-22(17)5)15(13(3)7-2)10-20-19(25)14(4)23/h10-11,13,23H,4,6-9,12H2,1-3,5H3,(H,20,25)/b15-10+. The summed E-state index contributed by atoms with van der Waals surface area (Å²) in [7, 11) is 1.78. The van der Waals surface area contributed by atoms with E-state index in [4.69, 9.17) is 9.84 Å². The molecule has 7 nitrogen and oxygen atoms in total. The van der Waals surface area contributed by atoms with Crippen molar-refractivity contribution in [2.75, 3.05) is 0 Å². The second kappa shape index (κ2) is 10.4. The lowest BCUT2D eigenvalue weighted by Gasteiger charge is -2.16. The number of ether oxygens (including phenoxy) is 1. The van der Waals surface area contributed by atoms with Gasteiger partial charge in [0.15, 0.2) is 5.76 Å². The van der Waals surface area contributed by atoms with Crippen LogP contribution < -0.4 is 5.32 Å². The van der Waals surface area contributed by atoms with Crippen LogP contribution in [0.5, 0.6) is 0 Å². The molecule has 1 atom stereocenters. The van der Waals surface area contributed by atoms with E-state index in [1.54, 1.807) is 24.1 Å². The van der Waals surface area contributed by atoms with Crippen molar-refractivity contribution >= 4 is 17.4 Å². The Kier molecular flexibility index (Phi) is 8.61. The molecule has 1 rings (SSSR count). The minimum absolute atomic E-state index is 0.114. The third kappa shape index (κ3) is 6.06. The van der Waals surface area contributed by atoms with Crippen molar-refractivity contribution in [2.45, 2.75) is 53.1 Å². The van der Waals surface area contributed by atoms with Crippen molar-refractivity contribution < 1.29 is 19.4 Å². The monoisotopic (exact) mass is 363 g/mol. The molecular formula is C19H29N3O4. The number of carbonyl (C=O) groups excluding carboxylic acids is 2. The normalized spacial score (nSPS) is 12.5. The van der Waals surface area contributed by atoms with Gasteiger partial charge in [-0.2, -0.15) is 5.10 Å². The predicted octanol–water partition coefficient (Wildman–Crippen LogP) is 3.23. The van der Waals surface area contributed by atoms with Crippen molar-refractivity contribution in [3.05, 3.63) is 36.0 Å². The van der Waals surface area contributed by atoms with Crippen molar-refractivity contribution in [2.24, 2.45) is 13.0 Å². The van der Waals surface area contributed by atoms with Gasteiger partial charge in [-0.25, -0.2) is 0 Å². The highest BCUT2D eigenvalue weighted by Crippen LogP contribution is 2.28. The van der Waals surface area contributed by atoms with Gasteiger partial charge in [-0.05, 0) is 24.3 Å². The number of unbranched alkanes of at least 4 members (excludes halogenated alkanes) is 1. The van der Waals surface area contributed by atoms with Crippen LogP contribution >= 0.6 is 0 Å². The molecule has 1 unspecified atom stereocenters. The van der Waals surface area contributed by atoms with Crippen LogP contribution in [0.4, 0.5) is 0 Å². The van der Waals surface area contributed by atoms with E-state index < -0.39 is 11.7 Å². The summed E-state index contributed by atoms with van der Waals surface area (Å²) in [5, 5.41) is 16.0. The van der Waals surface area contributed by atoms with Gasteiger partial charge in [0.2, 0.25) is 0 Å². The Hall–Kier alpha value is -2.57. The van der Waals surface area contributed by atoms with E-state index >= 15 is 0 Å². The van der Waals surface area contributed by atoms with Gasteiger partial charge in [0.05, 0.1) is 11.9 Å². The number of carbonyl (C=O) groups is 2. The lowest BCUT2D eigenvalue weighted by atomic mass is 9.93. The number of esters is 1. The van der Waals surface area contributed by atoms with Crippen LogP contribution in [-0.2, 0) is 28.0 Å². The number of aliphatic hydroxyl groups is 1. The lowest BCUT2D eigenvalue weighted by molar-refractivity contribution is -0.145. The largest absolute Gasteiger partial charge is 0.503 e. The first-order valence-electron chi connectivity index (χ1n) is 8.87. The Balaban J connectivity index is 3.04. The van der Waals surface area contributed by atoms with Crippen LogP contribution in [-0.4, -0.2) is 26.8 Å². The van der Waals surface area contributed by atoms with Crippen LogP contribution in [0.25, 0.3) is 5.57 Å². The van der Waals surface area contributed by atoms with Gasteiger partial charge in [0.1, 0.15) is 6.61 Å². The van der Waals surface area contributed by atoms with Crippen LogP contribution in [0.3, 0.4) is 0 Å². The highest BCUT2D eigenvalue weighted by Gasteiger charge is 2.19. The molecule has 1 aromatic rings. The fraction of sp³-hybridized carbons (Fsp3) is 0.526. The highest BCUT2D eigenvalue weighted by molar-refractivity contribution is 5.92. The summed E-state index contributed by atoms with van der Waals surface area (Å²) >= 11 is 0. The summed E-state index contributed by atoms with van der Waals surface area (Å²) in [5.41, 5.74) is 2.39. The summed E-state index contributed by atoms with van der Waals surface area (Å²) in [6, 6.07) is 0. The summed E-state index contributed by atoms with van der Waals surface area (Å²) in [4.78, 5) is 23.4. The minimum Gasteiger partial charge on any atom is -0.503 e. The van der Waals surface area contributed by atoms with E-state index in [-0.39, 0.29) is 18.5 Å². The summed E-state index contributed by atoms with van der Waals surface area (Å²) < 4.78 is 7.03. The number of aryl methyl sites for hydroxylation is 1. The molecule has 1 aromatic heterocycles. The topological polar surface area (TPSA) is 93.5 Å². The number of amides is 1. The van der Waals surface area contributed by atoms with E-state index in [0.29, 0.717) is 6.42 Å². The number of allylic oxidation sites excluding steroid dienone is 1. The zero-order valence-corrected chi connectivity index (χ0v) is 16.0. The quantitative estimate of drug-likeness (QED) is 0.378. The second-order valence-corrected chi connectivity index (χ2v) is 6.22. The van der Waals surface area contributed by atoms with Crippen LogP contribution in [0.2, 0.25) is 0 Å². The second-order valence-electron chi connectivity index (χ2n) is 6.22. The van der Waals surface area contributed by atoms with Gasteiger partial charge in [0.25, 0.3) is 5.91 Å². The number of aromatic nitrogens is 2. The molecular weight excluding hydrogens is 334 g/mol. The Bertz CT molecular complexity index is 676. The Morgan fingerprint density at radius 2 is 2.15 bits per heavy atom. The van der Waals surface area contributed by atoms with E-state index in [1.807, 2.05) is 20.8 Å². The predicted molar refractivity (Wildman–Crippen MR) is 99.9 cm³/mol. The summed E-state index contributed by atoms with van der Waals surface area (Å²) in [6.45, 7) is 9.40. The first-order valence-corrected chi connectivity index (χ1v) is 8.87. The number of rotatable bonds is 10. The number of nitrogens with zero attached hydrogens (tertiary/aromatic N) is 2. The molecule has 0 saturated heterocycles. The van der Waals surface area contributed by atoms with Gasteiger partial charge in [-0.1, -0.05) is 33.8 Å². The number of hydrogen-bond acceptors (Lipinski definition) is 5. The molecule has 0 aliphatic heterocycles. The average molecular weight is 363 g/mol. The highest BCUT2D eigenvalue weighted by atomic mass is 16.5. The molecule has 0 aromatic carbocycles. The molecule has 7 heteroatoms. The van der Waals surface area contributed by atoms with E-state index in [2.05, 4.69) is 17.0 Å². The number of nitrogens with one attached hydrogen (secondary N) is 1. The fourth-order valence-electron chi connectivity index (χ4n) is 2.35. The van der Waals surface area contributed by atoms with Gasteiger partial charge in [-0.3, -0.25) is 14.3 Å². The number of hydrogen-bond donors (Lipinski definition) is 2. The Morgan fingerprint density at radius 3 is 2.73 bits per heavy atom. The molecule has 0 saturated carbocycles. The third-order valence-corrected chi connectivity index (χ3v) is 4.24.